The van der Waals surface area contributed by atoms with E-state index >= 15 is 4.79 Å². The van der Waals surface area contributed by atoms with Crippen molar-refractivity contribution >= 4 is 39.9 Å². The minimum absolute atomic E-state index is 0.00269. The summed E-state index contributed by atoms with van der Waals surface area (Å²) in [6, 6.07) is 33.9. The molecule has 4 heteroatoms. The first-order valence-electron chi connectivity index (χ1n) is 23.3. The zero-order valence-electron chi connectivity index (χ0n) is 43.2. The zero-order chi connectivity index (χ0) is 50.5. The predicted octanol–water partition coefficient (Wildman–Crippen LogP) is 16.7. The molecule has 0 amide bonds. The van der Waals surface area contributed by atoms with Crippen LogP contribution in [0.1, 0.15) is 152 Å². The highest BCUT2D eigenvalue weighted by molar-refractivity contribution is 6.18. The van der Waals surface area contributed by atoms with E-state index in [9.17, 15) is 4.79 Å². The number of rotatable bonds is 12. The minimum Gasteiger partial charge on any atom is -0.307 e. The van der Waals surface area contributed by atoms with Gasteiger partial charge in [-0.1, -0.05) is 201 Å². The highest BCUT2D eigenvalue weighted by atomic mass is 16.1. The largest absolute Gasteiger partial charge is 0.307 e. The predicted molar refractivity (Wildman–Crippen MR) is 288 cm³/mol. The number of Topliss-reactive ketones (excluding diaryl/α,β-unsaturated/α-hetero) is 1. The molecule has 0 bridgehead atoms. The van der Waals surface area contributed by atoms with Gasteiger partial charge < -0.3 is 4.79 Å². The van der Waals surface area contributed by atoms with E-state index in [0.29, 0.717) is 33.4 Å². The second kappa shape index (κ2) is 20.3. The summed E-state index contributed by atoms with van der Waals surface area (Å²) in [5, 5.41) is 5.04. The van der Waals surface area contributed by atoms with Crippen molar-refractivity contribution in [3.63, 3.8) is 0 Å². The number of aromatic nitrogens is 1. The summed E-state index contributed by atoms with van der Waals surface area (Å²) >= 11 is 0. The number of allylic oxidation sites excluding steroid dienone is 5. The Labute approximate surface area is 403 Å². The van der Waals surface area contributed by atoms with Crippen molar-refractivity contribution in [2.24, 2.45) is 10.8 Å². The molecule has 0 N–H and O–H groups in total. The first-order valence-corrected chi connectivity index (χ1v) is 23.3. The van der Waals surface area contributed by atoms with Crippen LogP contribution in [0.15, 0.2) is 159 Å². The fourth-order valence-electron chi connectivity index (χ4n) is 9.00. The number of nitrogens with zero attached hydrogens (tertiary/aromatic N) is 1. The monoisotopic (exact) mass is 894 g/mol. The van der Waals surface area contributed by atoms with Crippen LogP contribution >= 0.6 is 0 Å². The molecule has 1 aromatic heterocycles. The maximum absolute atomic E-state index is 15.1. The fourth-order valence-corrected chi connectivity index (χ4v) is 9.00. The van der Waals surface area contributed by atoms with Crippen molar-refractivity contribution in [1.29, 1.82) is 0 Å². The van der Waals surface area contributed by atoms with Crippen LogP contribution in [0.3, 0.4) is 0 Å². The van der Waals surface area contributed by atoms with Crippen LogP contribution in [0.4, 0.5) is 0 Å². The molecule has 6 rings (SSSR count). The molecule has 0 aliphatic rings. The number of pyridine rings is 1. The van der Waals surface area contributed by atoms with Crippen molar-refractivity contribution < 1.29 is 14.4 Å². The lowest BCUT2D eigenvalue weighted by molar-refractivity contribution is -0.0980. The van der Waals surface area contributed by atoms with Crippen molar-refractivity contribution in [3.05, 3.63) is 198 Å². The third-order valence-corrected chi connectivity index (χ3v) is 15.6. The lowest BCUT2D eigenvalue weighted by atomic mass is 9.57. The Morgan fingerprint density at radius 3 is 1.34 bits per heavy atom. The first kappa shape index (κ1) is 53.4. The molecule has 1 heterocycles. The zero-order valence-corrected chi connectivity index (χ0v) is 43.2. The molecule has 0 unspecified atom stereocenters. The summed E-state index contributed by atoms with van der Waals surface area (Å²) in [6.45, 7) is 46.1. The van der Waals surface area contributed by atoms with Gasteiger partial charge in [0.15, 0.2) is 11.6 Å². The lowest BCUT2D eigenvalue weighted by Crippen LogP contribution is -2.41. The fraction of sp³-hybridized carbons (Fsp3) is 0.333. The average molecular weight is 894 g/mol. The van der Waals surface area contributed by atoms with Crippen LogP contribution in [0.2, 0.25) is 0 Å². The molecule has 0 spiro atoms. The smallest absolute Gasteiger partial charge is 0.193 e. The van der Waals surface area contributed by atoms with Crippen molar-refractivity contribution in [2.75, 3.05) is 0 Å². The van der Waals surface area contributed by atoms with E-state index in [-0.39, 0.29) is 33.2 Å². The Balaban J connectivity index is 0.00000238. The third kappa shape index (κ3) is 9.78. The topological polar surface area (TPSA) is 64.1 Å². The highest BCUT2D eigenvalue weighted by Gasteiger charge is 2.44. The molecule has 0 saturated heterocycles. The number of benzene rings is 5. The van der Waals surface area contributed by atoms with Gasteiger partial charge in [0.1, 0.15) is 6.79 Å². The maximum Gasteiger partial charge on any atom is 0.193 e. The molecule has 0 saturated carbocycles. The number of ketones is 2. The number of carbonyl (C=O) groups excluding carboxylic acids is 3. The van der Waals surface area contributed by atoms with Crippen LogP contribution in [0.5, 0.6) is 0 Å². The van der Waals surface area contributed by atoms with Crippen molar-refractivity contribution in [1.82, 2.24) is 4.98 Å². The van der Waals surface area contributed by atoms with E-state index in [1.165, 1.54) is 32.7 Å². The molecular formula is C63H75NO3. The second-order valence-corrected chi connectivity index (χ2v) is 21.6. The minimum atomic E-state index is -0.508. The molecular weight excluding hydrogens is 819 g/mol. The quantitative estimate of drug-likeness (QED) is 0.0404. The molecule has 0 radical (unpaired) electrons. The molecule has 4 nitrogen and oxygen atoms in total. The summed E-state index contributed by atoms with van der Waals surface area (Å²) in [7, 11) is 0. The van der Waals surface area contributed by atoms with E-state index in [1.807, 2.05) is 38.0 Å². The first-order chi connectivity index (χ1) is 31.3. The van der Waals surface area contributed by atoms with Crippen molar-refractivity contribution in [3.8, 4) is 11.1 Å². The van der Waals surface area contributed by atoms with Crippen LogP contribution in [-0.2, 0) is 26.5 Å². The molecule has 350 valence electrons. The Morgan fingerprint density at radius 2 is 0.925 bits per heavy atom. The Morgan fingerprint density at radius 1 is 0.522 bits per heavy atom. The molecule has 67 heavy (non-hydrogen) atoms. The van der Waals surface area contributed by atoms with E-state index in [2.05, 4.69) is 194 Å². The standard InChI is InChI=1S/C60H69NO2.C2H4.CH2O/c1-17-23-39(24-18-2)53(62)50-38-42(30-32-44(50)43-31-29-41(57(9,10)55(3,4)5)37-49(43)54(63)40-33-35-61-36-34-40)58(11,12)60(15,16)52-47-27-21-19-25-45(47)51(59(13,14)56(6,7)8)46-26-20-22-28-48(46)52;2*1-2/h17-38H,1H2,2-16H3;1-2H2;1H2/b24-18-,39-23+;;. The van der Waals surface area contributed by atoms with Crippen LogP contribution in [-0.4, -0.2) is 23.3 Å². The van der Waals surface area contributed by atoms with Gasteiger partial charge in [-0.3, -0.25) is 14.6 Å². The molecule has 0 aliphatic heterocycles. The van der Waals surface area contributed by atoms with Crippen LogP contribution < -0.4 is 0 Å². The Bertz CT molecular complexity index is 2770. The van der Waals surface area contributed by atoms with Crippen molar-refractivity contribution in [2.45, 2.75) is 126 Å². The molecule has 0 aliphatic carbocycles. The van der Waals surface area contributed by atoms with Gasteiger partial charge in [0, 0.05) is 40.1 Å². The third-order valence-electron chi connectivity index (χ3n) is 15.6. The van der Waals surface area contributed by atoms with Gasteiger partial charge in [0.2, 0.25) is 0 Å². The Hall–Kier alpha value is -6.26. The van der Waals surface area contributed by atoms with Gasteiger partial charge in [-0.25, -0.2) is 0 Å². The average Bonchev–Trinajstić information content (AvgIpc) is 3.30. The van der Waals surface area contributed by atoms with Crippen LogP contribution in [0, 0.1) is 10.8 Å². The van der Waals surface area contributed by atoms with E-state index in [4.69, 9.17) is 4.79 Å². The van der Waals surface area contributed by atoms with E-state index in [0.717, 1.165) is 11.1 Å². The van der Waals surface area contributed by atoms with Gasteiger partial charge in [0.25, 0.3) is 0 Å². The number of carbonyl (C=O) groups is 3. The number of fused-ring (bicyclic) bond motifs is 2. The highest BCUT2D eigenvalue weighted by Crippen LogP contribution is 2.54. The maximum atomic E-state index is 15.1. The molecule has 6 aromatic rings. The molecule has 5 aromatic carbocycles. The Kier molecular flexibility index (Phi) is 16.2. The normalized spacial score (nSPS) is 12.9. The van der Waals surface area contributed by atoms with Crippen LogP contribution in [0.25, 0.3) is 32.7 Å². The second-order valence-electron chi connectivity index (χ2n) is 21.6. The number of hydrogen-bond acceptors (Lipinski definition) is 4. The van der Waals surface area contributed by atoms with Gasteiger partial charge in [-0.05, 0) is 113 Å². The summed E-state index contributed by atoms with van der Waals surface area (Å²) in [4.78, 5) is 42.0. The van der Waals surface area contributed by atoms with E-state index in [1.54, 1.807) is 36.7 Å². The lowest BCUT2D eigenvalue weighted by Gasteiger charge is -2.46. The van der Waals surface area contributed by atoms with Gasteiger partial charge in [-0.15, -0.1) is 13.2 Å². The molecule has 0 atom stereocenters. The summed E-state index contributed by atoms with van der Waals surface area (Å²) in [6.07, 6.45) is 10.5. The number of hydrogen-bond donors (Lipinski definition) is 0. The SMILES string of the molecule is C=C.C=C/C=C(\C=C/C)C(=O)c1cc(C(C)(C)C(C)(C)c2c3ccccc3c(C(C)(C)C(C)(C)C)c3ccccc23)ccc1-c1ccc(C(C)(C)C(C)(C)C)cc1C(=O)c1ccncc1.C=O. The summed E-state index contributed by atoms with van der Waals surface area (Å²) < 4.78 is 0. The van der Waals surface area contributed by atoms with Gasteiger partial charge >= 0.3 is 0 Å². The van der Waals surface area contributed by atoms with Gasteiger partial charge in [0.05, 0.1) is 0 Å². The summed E-state index contributed by atoms with van der Waals surface area (Å²) in [5.41, 5.74) is 6.84. The van der Waals surface area contributed by atoms with E-state index < -0.39 is 10.8 Å². The molecule has 0 fully saturated rings. The summed E-state index contributed by atoms with van der Waals surface area (Å²) in [5.74, 6) is -0.250. The van der Waals surface area contributed by atoms with Gasteiger partial charge in [-0.2, -0.15) is 0 Å².